The minimum Gasteiger partial charge on any atom is -0.502 e. The first-order valence-corrected chi connectivity index (χ1v) is 10.6. The zero-order valence-corrected chi connectivity index (χ0v) is 19.4. The summed E-state index contributed by atoms with van der Waals surface area (Å²) in [5, 5.41) is 16.0. The number of rotatable bonds is 13. The molecule has 0 bridgehead atoms. The van der Waals surface area contributed by atoms with Crippen LogP contribution < -0.4 is 21.5 Å². The summed E-state index contributed by atoms with van der Waals surface area (Å²) in [5.41, 5.74) is 1.45. The van der Waals surface area contributed by atoms with E-state index in [1.807, 2.05) is 6.92 Å². The Labute approximate surface area is 188 Å². The molecule has 9 nitrogen and oxygen atoms in total. The quantitative estimate of drug-likeness (QED) is 0.199. The van der Waals surface area contributed by atoms with Gasteiger partial charge in [0.1, 0.15) is 5.56 Å². The largest absolute Gasteiger partial charge is 0.502 e. The van der Waals surface area contributed by atoms with Crippen LogP contribution in [0.25, 0.3) is 0 Å². The Hall–Kier alpha value is -2.97. The monoisotopic (exact) mass is 468 g/mol. The molecule has 1 aromatic rings. The summed E-state index contributed by atoms with van der Waals surface area (Å²) in [6.45, 7) is 7.05. The molecule has 1 atom stereocenters. The Morgan fingerprint density at radius 2 is 2.03 bits per heavy atom. The van der Waals surface area contributed by atoms with Gasteiger partial charge in [-0.05, 0) is 29.8 Å². The molecule has 32 heavy (non-hydrogen) atoms. The van der Waals surface area contributed by atoms with Crippen LogP contribution in [0.2, 0.25) is 0 Å². The third-order valence-corrected chi connectivity index (χ3v) is 4.58. The number of pyridine rings is 1. The maximum absolute atomic E-state index is 12.6. The Morgan fingerprint density at radius 1 is 1.31 bits per heavy atom. The molecular formula is C21H30FN4O5P. The molecule has 0 spiro atoms. The highest BCUT2D eigenvalue weighted by molar-refractivity contribution is 7.23. The summed E-state index contributed by atoms with van der Waals surface area (Å²) in [4.78, 5) is 37.6. The fraction of sp³-hybridized carbons (Fsp3) is 0.381. The van der Waals surface area contributed by atoms with Crippen molar-refractivity contribution in [3.8, 4) is 5.75 Å². The number of nitrogens with one attached hydrogen (secondary N) is 3. The SMILES string of the molecule is C=C(P)/C(=C\C=C\F)CNC(=O)c1cn(NC)c(C(=O)NCCCOCCC)c(O)c1=O. The van der Waals surface area contributed by atoms with Crippen molar-refractivity contribution in [2.24, 2.45) is 0 Å². The molecule has 0 aromatic carbocycles. The number of carbonyl (C=O) groups is 2. The van der Waals surface area contributed by atoms with Gasteiger partial charge in [0.15, 0.2) is 11.4 Å². The van der Waals surface area contributed by atoms with E-state index in [4.69, 9.17) is 4.74 Å². The second kappa shape index (κ2) is 14.2. The van der Waals surface area contributed by atoms with Gasteiger partial charge in [0.2, 0.25) is 5.43 Å². The number of hydrogen-bond acceptors (Lipinski definition) is 6. The molecule has 1 heterocycles. The number of allylic oxidation sites excluding steroid dienone is 2. The van der Waals surface area contributed by atoms with E-state index in [9.17, 15) is 23.9 Å². The van der Waals surface area contributed by atoms with Gasteiger partial charge in [0.25, 0.3) is 11.8 Å². The van der Waals surface area contributed by atoms with Crippen molar-refractivity contribution in [1.29, 1.82) is 0 Å². The summed E-state index contributed by atoms with van der Waals surface area (Å²) in [5.74, 6) is -2.33. The van der Waals surface area contributed by atoms with Gasteiger partial charge in [-0.15, -0.1) is 9.24 Å². The van der Waals surface area contributed by atoms with Gasteiger partial charge in [0, 0.05) is 39.5 Å². The van der Waals surface area contributed by atoms with Crippen molar-refractivity contribution >= 4 is 21.1 Å². The van der Waals surface area contributed by atoms with Crippen LogP contribution in [0.3, 0.4) is 0 Å². The minimum atomic E-state index is -0.996. The molecule has 4 N–H and O–H groups in total. The molecule has 0 radical (unpaired) electrons. The number of aromatic nitrogens is 1. The lowest BCUT2D eigenvalue weighted by molar-refractivity contribution is 0.0921. The molecule has 2 amide bonds. The lowest BCUT2D eigenvalue weighted by Crippen LogP contribution is -2.36. The highest BCUT2D eigenvalue weighted by Crippen LogP contribution is 2.15. The predicted molar refractivity (Wildman–Crippen MR) is 125 cm³/mol. The van der Waals surface area contributed by atoms with Gasteiger partial charge in [-0.25, -0.2) is 4.39 Å². The summed E-state index contributed by atoms with van der Waals surface area (Å²) >= 11 is 0. The van der Waals surface area contributed by atoms with Gasteiger partial charge >= 0.3 is 0 Å². The Bertz CT molecular complexity index is 943. The van der Waals surface area contributed by atoms with Crippen molar-refractivity contribution in [2.75, 3.05) is 38.8 Å². The molecule has 0 fully saturated rings. The standard InChI is InChI=1S/C21H30FN4O5P/c1-4-10-31-11-6-9-24-21(30)17-19(28)18(27)16(13-26(17)23-3)20(29)25-12-15(14(2)32)7-5-8-22/h5,7-8,13,23,28H,2,4,6,9-12,32H2,1,3H3,(H,24,30)(H,25,29)/b8-5+,15-7-. The molecule has 1 rings (SSSR count). The van der Waals surface area contributed by atoms with Crippen LogP contribution in [-0.4, -0.2) is 54.9 Å². The van der Waals surface area contributed by atoms with Crippen molar-refractivity contribution in [1.82, 2.24) is 15.3 Å². The zero-order valence-electron chi connectivity index (χ0n) is 18.2. The maximum Gasteiger partial charge on any atom is 0.273 e. The van der Waals surface area contributed by atoms with Crippen LogP contribution in [0.1, 0.15) is 40.6 Å². The van der Waals surface area contributed by atoms with E-state index in [1.165, 1.54) is 13.1 Å². The smallest absolute Gasteiger partial charge is 0.273 e. The van der Waals surface area contributed by atoms with Crippen molar-refractivity contribution in [3.05, 3.63) is 63.6 Å². The molecule has 0 aliphatic heterocycles. The molecular weight excluding hydrogens is 438 g/mol. The average Bonchev–Trinajstić information content (AvgIpc) is 2.77. The van der Waals surface area contributed by atoms with Crippen molar-refractivity contribution in [3.63, 3.8) is 0 Å². The van der Waals surface area contributed by atoms with E-state index in [1.54, 1.807) is 0 Å². The molecule has 0 aliphatic carbocycles. The van der Waals surface area contributed by atoms with Crippen LogP contribution in [0.4, 0.5) is 4.39 Å². The van der Waals surface area contributed by atoms with E-state index in [2.05, 4.69) is 31.9 Å². The zero-order chi connectivity index (χ0) is 24.1. The minimum absolute atomic E-state index is 0.0341. The van der Waals surface area contributed by atoms with Crippen LogP contribution in [0.15, 0.2) is 46.9 Å². The second-order valence-electron chi connectivity index (χ2n) is 6.60. The average molecular weight is 468 g/mol. The molecule has 0 aliphatic rings. The summed E-state index contributed by atoms with van der Waals surface area (Å²) in [7, 11) is 3.80. The molecule has 0 saturated carbocycles. The number of nitrogens with zero attached hydrogens (tertiary/aromatic N) is 1. The first kappa shape index (κ1) is 27.1. The van der Waals surface area contributed by atoms with E-state index in [0.29, 0.717) is 36.9 Å². The Morgan fingerprint density at radius 3 is 2.62 bits per heavy atom. The van der Waals surface area contributed by atoms with Crippen LogP contribution in [-0.2, 0) is 4.74 Å². The Kier molecular flexibility index (Phi) is 12.0. The number of ether oxygens (including phenoxy) is 1. The van der Waals surface area contributed by atoms with Gasteiger partial charge in [0.05, 0.1) is 6.33 Å². The van der Waals surface area contributed by atoms with E-state index in [0.717, 1.165) is 23.4 Å². The first-order valence-electron chi connectivity index (χ1n) is 9.99. The number of halogens is 1. The summed E-state index contributed by atoms with van der Waals surface area (Å²) in [6, 6.07) is 0. The van der Waals surface area contributed by atoms with Crippen LogP contribution in [0, 0.1) is 0 Å². The predicted octanol–water partition coefficient (Wildman–Crippen LogP) is 1.80. The molecule has 11 heteroatoms. The van der Waals surface area contributed by atoms with Gasteiger partial charge in [-0.3, -0.25) is 19.1 Å². The summed E-state index contributed by atoms with van der Waals surface area (Å²) in [6.07, 6.45) is 5.47. The molecule has 1 aromatic heterocycles. The molecule has 0 saturated heterocycles. The first-order chi connectivity index (χ1) is 15.3. The van der Waals surface area contributed by atoms with Gasteiger partial charge in [-0.1, -0.05) is 19.6 Å². The van der Waals surface area contributed by atoms with E-state index >= 15 is 0 Å². The lowest BCUT2D eigenvalue weighted by atomic mass is 10.1. The normalized spacial score (nSPS) is 11.4. The van der Waals surface area contributed by atoms with Gasteiger partial charge in [-0.2, -0.15) is 0 Å². The van der Waals surface area contributed by atoms with Crippen molar-refractivity contribution in [2.45, 2.75) is 19.8 Å². The lowest BCUT2D eigenvalue weighted by Gasteiger charge is -2.16. The fourth-order valence-electron chi connectivity index (χ4n) is 2.57. The van der Waals surface area contributed by atoms with E-state index in [-0.39, 0.29) is 24.3 Å². The number of aromatic hydroxyl groups is 1. The number of hydrogen-bond donors (Lipinski definition) is 4. The maximum atomic E-state index is 12.6. The second-order valence-corrected chi connectivity index (χ2v) is 7.30. The number of amides is 2. The third kappa shape index (κ3) is 7.94. The number of carbonyl (C=O) groups excluding carboxylic acids is 2. The summed E-state index contributed by atoms with van der Waals surface area (Å²) < 4.78 is 18.7. The highest BCUT2D eigenvalue weighted by Gasteiger charge is 2.23. The third-order valence-electron chi connectivity index (χ3n) is 4.21. The molecule has 1 unspecified atom stereocenters. The van der Waals surface area contributed by atoms with Crippen LogP contribution >= 0.6 is 9.24 Å². The topological polar surface area (TPSA) is 122 Å². The van der Waals surface area contributed by atoms with Crippen molar-refractivity contribution < 1.29 is 23.8 Å². The fourth-order valence-corrected chi connectivity index (χ4v) is 2.76. The van der Waals surface area contributed by atoms with E-state index < -0.39 is 23.0 Å². The Balaban J connectivity index is 3.00. The molecule has 176 valence electrons. The highest BCUT2D eigenvalue weighted by atomic mass is 31.0. The van der Waals surface area contributed by atoms with Crippen LogP contribution in [0.5, 0.6) is 5.75 Å². The van der Waals surface area contributed by atoms with Gasteiger partial charge < -0.3 is 25.9 Å².